The van der Waals surface area contributed by atoms with Gasteiger partial charge in [-0.05, 0) is 24.5 Å². The predicted molar refractivity (Wildman–Crippen MR) is 97.3 cm³/mol. The maximum Gasteiger partial charge on any atom is 0.262 e. The molecule has 0 saturated heterocycles. The highest BCUT2D eigenvalue weighted by Crippen LogP contribution is 2.28. The number of imide groups is 1. The molecule has 0 bridgehead atoms. The summed E-state index contributed by atoms with van der Waals surface area (Å²) in [7, 11) is 0. The maximum atomic E-state index is 12.7. The number of nitrogens with zero attached hydrogens (tertiary/aromatic N) is 1. The molecular formula is C20H28N2O3. The third kappa shape index (κ3) is 4.09. The second kappa shape index (κ2) is 8.79. The maximum absolute atomic E-state index is 12.7. The van der Waals surface area contributed by atoms with Gasteiger partial charge in [0.2, 0.25) is 5.91 Å². The van der Waals surface area contributed by atoms with Gasteiger partial charge in [0.15, 0.2) is 0 Å². The fourth-order valence-corrected chi connectivity index (χ4v) is 3.18. The van der Waals surface area contributed by atoms with E-state index in [0.717, 1.165) is 30.6 Å². The number of benzene rings is 1. The van der Waals surface area contributed by atoms with E-state index in [4.69, 9.17) is 0 Å². The number of carbonyl (C=O) groups is 3. The van der Waals surface area contributed by atoms with Crippen LogP contribution < -0.4 is 5.32 Å². The number of fused-ring (bicyclic) bond motifs is 1. The van der Waals surface area contributed by atoms with Crippen LogP contribution in [0.1, 0.15) is 73.6 Å². The minimum atomic E-state index is -0.761. The summed E-state index contributed by atoms with van der Waals surface area (Å²) in [6.45, 7) is 6.59. The van der Waals surface area contributed by atoms with Gasteiger partial charge in [-0.2, -0.15) is 0 Å². The fourth-order valence-electron chi connectivity index (χ4n) is 3.18. The van der Waals surface area contributed by atoms with Gasteiger partial charge < -0.3 is 5.32 Å². The summed E-state index contributed by atoms with van der Waals surface area (Å²) in [4.78, 5) is 39.3. The smallest absolute Gasteiger partial charge is 0.262 e. The molecule has 0 aliphatic carbocycles. The molecule has 2 rings (SSSR count). The SMILES string of the molecule is CCCCCCNC(=O)C(C(C)CC)N1C(=O)c2ccccc2C1=O. The first-order valence-corrected chi connectivity index (χ1v) is 9.27. The van der Waals surface area contributed by atoms with Crippen LogP contribution in [0.25, 0.3) is 0 Å². The normalized spacial score (nSPS) is 15.9. The van der Waals surface area contributed by atoms with Crippen molar-refractivity contribution < 1.29 is 14.4 Å². The van der Waals surface area contributed by atoms with Crippen molar-refractivity contribution in [2.75, 3.05) is 6.54 Å². The summed E-state index contributed by atoms with van der Waals surface area (Å²) in [5.41, 5.74) is 0.771. The Morgan fingerprint density at radius 2 is 1.64 bits per heavy atom. The van der Waals surface area contributed by atoms with Crippen LogP contribution in [0.5, 0.6) is 0 Å². The zero-order chi connectivity index (χ0) is 18.4. The summed E-state index contributed by atoms with van der Waals surface area (Å²) < 4.78 is 0. The Hall–Kier alpha value is -2.17. The molecule has 0 radical (unpaired) electrons. The molecule has 0 saturated carbocycles. The topological polar surface area (TPSA) is 66.5 Å². The minimum Gasteiger partial charge on any atom is -0.354 e. The molecule has 1 aromatic carbocycles. The lowest BCUT2D eigenvalue weighted by atomic mass is 9.96. The van der Waals surface area contributed by atoms with Gasteiger partial charge in [0, 0.05) is 6.54 Å². The van der Waals surface area contributed by atoms with Gasteiger partial charge in [-0.1, -0.05) is 58.6 Å². The molecule has 3 amide bonds. The van der Waals surface area contributed by atoms with Crippen LogP contribution >= 0.6 is 0 Å². The summed E-state index contributed by atoms with van der Waals surface area (Å²) in [6, 6.07) is 6.00. The van der Waals surface area contributed by atoms with E-state index in [-0.39, 0.29) is 23.6 Å². The van der Waals surface area contributed by atoms with Gasteiger partial charge in [-0.25, -0.2) is 0 Å². The van der Waals surface area contributed by atoms with Crippen LogP contribution in [0.2, 0.25) is 0 Å². The van der Waals surface area contributed by atoms with E-state index in [0.29, 0.717) is 24.1 Å². The van der Waals surface area contributed by atoms with E-state index < -0.39 is 6.04 Å². The van der Waals surface area contributed by atoms with Crippen molar-refractivity contribution in [3.05, 3.63) is 35.4 Å². The molecule has 2 atom stereocenters. The van der Waals surface area contributed by atoms with Crippen LogP contribution in [-0.4, -0.2) is 35.2 Å². The molecule has 0 fully saturated rings. The van der Waals surface area contributed by atoms with Gasteiger partial charge in [0.25, 0.3) is 11.8 Å². The van der Waals surface area contributed by atoms with Crippen LogP contribution in [0.4, 0.5) is 0 Å². The largest absolute Gasteiger partial charge is 0.354 e. The lowest BCUT2D eigenvalue weighted by Gasteiger charge is -2.29. The number of unbranched alkanes of at least 4 members (excludes halogenated alkanes) is 3. The van der Waals surface area contributed by atoms with Gasteiger partial charge in [0.1, 0.15) is 6.04 Å². The molecule has 1 N–H and O–H groups in total. The third-order valence-corrected chi connectivity index (χ3v) is 4.88. The molecular weight excluding hydrogens is 316 g/mol. The number of rotatable bonds is 9. The average Bonchev–Trinajstić information content (AvgIpc) is 2.87. The molecule has 1 aliphatic rings. The van der Waals surface area contributed by atoms with Gasteiger partial charge in [-0.3, -0.25) is 19.3 Å². The molecule has 1 aliphatic heterocycles. The van der Waals surface area contributed by atoms with Crippen molar-refractivity contribution in [1.29, 1.82) is 0 Å². The number of carbonyl (C=O) groups excluding carboxylic acids is 3. The molecule has 0 spiro atoms. The first kappa shape index (κ1) is 19.2. The highest BCUT2D eigenvalue weighted by atomic mass is 16.2. The Kier molecular flexibility index (Phi) is 6.73. The molecule has 25 heavy (non-hydrogen) atoms. The molecule has 2 unspecified atom stereocenters. The van der Waals surface area contributed by atoms with Gasteiger partial charge in [0.05, 0.1) is 11.1 Å². The van der Waals surface area contributed by atoms with Crippen LogP contribution in [-0.2, 0) is 4.79 Å². The molecule has 1 heterocycles. The first-order chi connectivity index (χ1) is 12.0. The number of hydrogen-bond acceptors (Lipinski definition) is 3. The number of nitrogens with one attached hydrogen (secondary N) is 1. The highest BCUT2D eigenvalue weighted by Gasteiger charge is 2.44. The molecule has 0 aromatic heterocycles. The summed E-state index contributed by atoms with van der Waals surface area (Å²) in [6.07, 6.45) is 4.97. The van der Waals surface area contributed by atoms with Crippen molar-refractivity contribution in [2.24, 2.45) is 5.92 Å². The van der Waals surface area contributed by atoms with Crippen LogP contribution in [0, 0.1) is 5.92 Å². The van der Waals surface area contributed by atoms with E-state index in [1.165, 1.54) is 0 Å². The zero-order valence-electron chi connectivity index (χ0n) is 15.4. The lowest BCUT2D eigenvalue weighted by molar-refractivity contribution is -0.126. The summed E-state index contributed by atoms with van der Waals surface area (Å²) in [5, 5.41) is 2.92. The summed E-state index contributed by atoms with van der Waals surface area (Å²) >= 11 is 0. The van der Waals surface area contributed by atoms with E-state index in [1.807, 2.05) is 13.8 Å². The first-order valence-electron chi connectivity index (χ1n) is 9.27. The zero-order valence-corrected chi connectivity index (χ0v) is 15.4. The molecule has 5 nitrogen and oxygen atoms in total. The second-order valence-corrected chi connectivity index (χ2v) is 6.71. The van der Waals surface area contributed by atoms with Crippen LogP contribution in [0.3, 0.4) is 0 Å². The van der Waals surface area contributed by atoms with Gasteiger partial charge in [-0.15, -0.1) is 0 Å². The van der Waals surface area contributed by atoms with Crippen molar-refractivity contribution in [3.63, 3.8) is 0 Å². The van der Waals surface area contributed by atoms with Crippen molar-refractivity contribution >= 4 is 17.7 Å². The second-order valence-electron chi connectivity index (χ2n) is 6.71. The summed E-state index contributed by atoms with van der Waals surface area (Å²) in [5.74, 6) is -1.07. The quantitative estimate of drug-likeness (QED) is 0.551. The van der Waals surface area contributed by atoms with E-state index in [1.54, 1.807) is 24.3 Å². The van der Waals surface area contributed by atoms with Crippen molar-refractivity contribution in [2.45, 2.75) is 58.9 Å². The van der Waals surface area contributed by atoms with Crippen LogP contribution in [0.15, 0.2) is 24.3 Å². The standard InChI is InChI=1S/C20H28N2O3/c1-4-6-7-10-13-21-18(23)17(14(3)5-2)22-19(24)15-11-8-9-12-16(15)20(22)25/h8-9,11-12,14,17H,4-7,10,13H2,1-3H3,(H,21,23). The van der Waals surface area contributed by atoms with E-state index in [9.17, 15) is 14.4 Å². The molecule has 1 aromatic rings. The highest BCUT2D eigenvalue weighted by molar-refractivity contribution is 6.22. The van der Waals surface area contributed by atoms with Crippen molar-refractivity contribution in [1.82, 2.24) is 10.2 Å². The Labute approximate surface area is 149 Å². The Bertz CT molecular complexity index is 607. The van der Waals surface area contributed by atoms with Gasteiger partial charge >= 0.3 is 0 Å². The lowest BCUT2D eigenvalue weighted by Crippen LogP contribution is -2.52. The minimum absolute atomic E-state index is 0.0992. The molecule has 136 valence electrons. The monoisotopic (exact) mass is 344 g/mol. The fraction of sp³-hybridized carbons (Fsp3) is 0.550. The Morgan fingerprint density at radius 3 is 2.16 bits per heavy atom. The van der Waals surface area contributed by atoms with Crippen molar-refractivity contribution in [3.8, 4) is 0 Å². The molecule has 5 heteroatoms. The number of amides is 3. The predicted octanol–water partition coefficient (Wildman–Crippen LogP) is 3.39. The third-order valence-electron chi connectivity index (χ3n) is 4.88. The average molecular weight is 344 g/mol. The Balaban J connectivity index is 2.14. The van der Waals surface area contributed by atoms with E-state index >= 15 is 0 Å². The van der Waals surface area contributed by atoms with E-state index in [2.05, 4.69) is 12.2 Å². The number of hydrogen-bond donors (Lipinski definition) is 1. The Morgan fingerprint density at radius 1 is 1.04 bits per heavy atom.